The summed E-state index contributed by atoms with van der Waals surface area (Å²) in [7, 11) is 0. The van der Waals surface area contributed by atoms with Crippen LogP contribution in [0.15, 0.2) is 89.7 Å². The first-order chi connectivity index (χ1) is 16.6. The van der Waals surface area contributed by atoms with Gasteiger partial charge in [0.25, 0.3) is 11.5 Å². The quantitative estimate of drug-likeness (QED) is 0.482. The molecule has 0 atom stereocenters. The highest BCUT2D eigenvalue weighted by molar-refractivity contribution is 5.94. The Hall–Kier alpha value is -4.26. The highest BCUT2D eigenvalue weighted by atomic mass is 16.5. The van der Waals surface area contributed by atoms with E-state index in [-0.39, 0.29) is 17.2 Å². The van der Waals surface area contributed by atoms with Crippen LogP contribution >= 0.6 is 0 Å². The Morgan fingerprint density at radius 1 is 0.941 bits per heavy atom. The second kappa shape index (κ2) is 9.31. The van der Waals surface area contributed by atoms with Crippen LogP contribution in [0.4, 0.5) is 0 Å². The first-order valence-corrected chi connectivity index (χ1v) is 11.3. The number of aromatic hydroxyl groups is 1. The number of benzene rings is 3. The van der Waals surface area contributed by atoms with Crippen molar-refractivity contribution in [3.8, 4) is 17.2 Å². The van der Waals surface area contributed by atoms with Gasteiger partial charge in [-0.2, -0.15) is 0 Å². The highest BCUT2D eigenvalue weighted by Gasteiger charge is 2.29. The molecule has 0 aliphatic carbocycles. The van der Waals surface area contributed by atoms with Gasteiger partial charge in [0.2, 0.25) is 0 Å². The third-order valence-electron chi connectivity index (χ3n) is 6.02. The maximum absolute atomic E-state index is 13.4. The summed E-state index contributed by atoms with van der Waals surface area (Å²) in [5, 5.41) is 9.79. The fraction of sp³-hybridized carbons (Fsp3) is 0.185. The summed E-state index contributed by atoms with van der Waals surface area (Å²) in [4.78, 5) is 28.3. The Morgan fingerprint density at radius 2 is 1.68 bits per heavy atom. The Kier molecular flexibility index (Phi) is 5.91. The number of aromatic nitrogens is 2. The van der Waals surface area contributed by atoms with E-state index in [9.17, 15) is 14.7 Å². The van der Waals surface area contributed by atoms with Gasteiger partial charge in [0, 0.05) is 17.7 Å². The smallest absolute Gasteiger partial charge is 0.274 e. The normalized spacial score (nSPS) is 12.9. The van der Waals surface area contributed by atoms with Gasteiger partial charge >= 0.3 is 0 Å². The molecule has 2 heterocycles. The van der Waals surface area contributed by atoms with Crippen molar-refractivity contribution in [2.24, 2.45) is 0 Å². The van der Waals surface area contributed by atoms with Crippen LogP contribution in [-0.2, 0) is 19.5 Å². The summed E-state index contributed by atoms with van der Waals surface area (Å²) in [5.74, 6) is 0.639. The van der Waals surface area contributed by atoms with Gasteiger partial charge in [0.05, 0.1) is 24.5 Å². The van der Waals surface area contributed by atoms with Gasteiger partial charge in [0.15, 0.2) is 0 Å². The van der Waals surface area contributed by atoms with Crippen LogP contribution in [0, 0.1) is 0 Å². The number of nitrogens with zero attached hydrogens (tertiary/aromatic N) is 3. The van der Waals surface area contributed by atoms with Gasteiger partial charge in [-0.3, -0.25) is 14.3 Å². The number of phenols is 1. The Balaban J connectivity index is 1.48. The van der Waals surface area contributed by atoms with Gasteiger partial charge in [-0.25, -0.2) is 4.68 Å². The van der Waals surface area contributed by atoms with Crippen LogP contribution in [0.5, 0.6) is 11.5 Å². The van der Waals surface area contributed by atoms with Gasteiger partial charge in [-0.1, -0.05) is 42.5 Å². The van der Waals surface area contributed by atoms with Crippen molar-refractivity contribution in [1.82, 2.24) is 14.3 Å². The van der Waals surface area contributed by atoms with Crippen molar-refractivity contribution in [3.05, 3.63) is 112 Å². The molecule has 0 saturated heterocycles. The minimum Gasteiger partial charge on any atom is -0.508 e. The van der Waals surface area contributed by atoms with Gasteiger partial charge in [-0.15, -0.1) is 0 Å². The largest absolute Gasteiger partial charge is 0.508 e. The molecule has 3 aromatic carbocycles. The minimum atomic E-state index is -0.173. The standard InChI is InChI=1S/C27H25N3O4/c31-22-11-7-8-20(18-22)26(32)28-15-14-24-25(19-28)29(16-17-34-23-12-5-2-6-13-23)30(27(24)33)21-9-3-1-4-10-21/h1-13,18,31H,14-17,19H2. The van der Waals surface area contributed by atoms with Crippen LogP contribution in [0.1, 0.15) is 21.6 Å². The van der Waals surface area contributed by atoms with Crippen LogP contribution < -0.4 is 10.3 Å². The third-order valence-corrected chi connectivity index (χ3v) is 6.02. The third kappa shape index (κ3) is 4.20. The van der Waals surface area contributed by atoms with E-state index in [4.69, 9.17) is 4.74 Å². The van der Waals surface area contributed by atoms with E-state index in [2.05, 4.69) is 0 Å². The van der Waals surface area contributed by atoms with Crippen molar-refractivity contribution >= 4 is 5.91 Å². The molecule has 1 aliphatic heterocycles. The van der Waals surface area contributed by atoms with Crippen molar-refractivity contribution in [1.29, 1.82) is 0 Å². The number of phenolic OH excluding ortho intramolecular Hbond substituents is 1. The van der Waals surface area contributed by atoms with Crippen molar-refractivity contribution < 1.29 is 14.6 Å². The first kappa shape index (κ1) is 21.6. The zero-order chi connectivity index (χ0) is 23.5. The second-order valence-corrected chi connectivity index (χ2v) is 8.19. The summed E-state index contributed by atoms with van der Waals surface area (Å²) in [6.45, 7) is 1.57. The summed E-state index contributed by atoms with van der Waals surface area (Å²) in [6.07, 6.45) is 0.470. The molecule has 4 aromatic rings. The highest BCUT2D eigenvalue weighted by Crippen LogP contribution is 2.22. The summed E-state index contributed by atoms with van der Waals surface area (Å²) in [5.41, 5.74) is 2.67. The average molecular weight is 456 g/mol. The number of amides is 1. The second-order valence-electron chi connectivity index (χ2n) is 8.19. The summed E-state index contributed by atoms with van der Waals surface area (Å²) in [6, 6.07) is 25.4. The van der Waals surface area contributed by atoms with E-state index < -0.39 is 0 Å². The maximum Gasteiger partial charge on any atom is 0.274 e. The number of hydrogen-bond acceptors (Lipinski definition) is 4. The van der Waals surface area contributed by atoms with Crippen LogP contribution in [0.3, 0.4) is 0 Å². The number of ether oxygens (including phenoxy) is 1. The number of hydrogen-bond donors (Lipinski definition) is 1. The molecule has 0 bridgehead atoms. The average Bonchev–Trinajstić information content (AvgIpc) is 3.15. The predicted octanol–water partition coefficient (Wildman–Crippen LogP) is 3.62. The molecule has 34 heavy (non-hydrogen) atoms. The van der Waals surface area contributed by atoms with E-state index in [1.54, 1.807) is 21.7 Å². The number of carbonyl (C=O) groups is 1. The molecular formula is C27H25N3O4. The van der Waals surface area contributed by atoms with Crippen LogP contribution in [0.2, 0.25) is 0 Å². The molecule has 1 amide bonds. The molecule has 0 fully saturated rings. The van der Waals surface area contributed by atoms with E-state index in [0.29, 0.717) is 38.2 Å². The Labute approximate surface area is 197 Å². The zero-order valence-electron chi connectivity index (χ0n) is 18.6. The molecule has 0 radical (unpaired) electrons. The lowest BCUT2D eigenvalue weighted by atomic mass is 10.1. The van der Waals surface area contributed by atoms with E-state index >= 15 is 0 Å². The summed E-state index contributed by atoms with van der Waals surface area (Å²) >= 11 is 0. The van der Waals surface area contributed by atoms with Crippen molar-refractivity contribution in [2.75, 3.05) is 13.2 Å². The molecule has 172 valence electrons. The number of para-hydroxylation sites is 2. The summed E-state index contributed by atoms with van der Waals surface area (Å²) < 4.78 is 9.52. The molecule has 7 nitrogen and oxygen atoms in total. The Bertz CT molecular complexity index is 1360. The number of rotatable bonds is 6. The molecule has 1 aliphatic rings. The molecule has 0 saturated carbocycles. The molecule has 1 N–H and O–H groups in total. The Morgan fingerprint density at radius 3 is 2.41 bits per heavy atom. The van der Waals surface area contributed by atoms with Crippen LogP contribution in [-0.4, -0.2) is 38.4 Å². The molecule has 7 heteroatoms. The van der Waals surface area contributed by atoms with E-state index in [1.807, 2.05) is 65.3 Å². The number of fused-ring (bicyclic) bond motifs is 1. The van der Waals surface area contributed by atoms with E-state index in [0.717, 1.165) is 22.7 Å². The fourth-order valence-electron chi connectivity index (χ4n) is 4.39. The monoisotopic (exact) mass is 455 g/mol. The molecule has 5 rings (SSSR count). The maximum atomic E-state index is 13.4. The molecule has 0 spiro atoms. The molecular weight excluding hydrogens is 430 g/mol. The van der Waals surface area contributed by atoms with Crippen LogP contribution in [0.25, 0.3) is 5.69 Å². The number of carbonyl (C=O) groups excluding carboxylic acids is 1. The predicted molar refractivity (Wildman–Crippen MR) is 129 cm³/mol. The lowest BCUT2D eigenvalue weighted by Gasteiger charge is -2.28. The van der Waals surface area contributed by atoms with Gasteiger partial charge in [-0.05, 0) is 48.9 Å². The molecule has 0 unspecified atom stereocenters. The lowest BCUT2D eigenvalue weighted by Crippen LogP contribution is -2.37. The van der Waals surface area contributed by atoms with Gasteiger partial charge < -0.3 is 14.7 Å². The SMILES string of the molecule is O=C(c1cccc(O)c1)N1CCc2c(n(CCOc3ccccc3)n(-c3ccccc3)c2=O)C1. The fourth-order valence-corrected chi connectivity index (χ4v) is 4.39. The van der Waals surface area contributed by atoms with Crippen molar-refractivity contribution in [2.45, 2.75) is 19.5 Å². The van der Waals surface area contributed by atoms with Gasteiger partial charge in [0.1, 0.15) is 18.1 Å². The lowest BCUT2D eigenvalue weighted by molar-refractivity contribution is 0.0728. The minimum absolute atomic E-state index is 0.0498. The van der Waals surface area contributed by atoms with Crippen molar-refractivity contribution in [3.63, 3.8) is 0 Å². The zero-order valence-corrected chi connectivity index (χ0v) is 18.6. The molecule has 1 aromatic heterocycles. The first-order valence-electron chi connectivity index (χ1n) is 11.3. The van der Waals surface area contributed by atoms with E-state index in [1.165, 1.54) is 12.1 Å². The topological polar surface area (TPSA) is 76.7 Å².